The van der Waals surface area contributed by atoms with Gasteiger partial charge in [0.2, 0.25) is 5.91 Å². The highest BCUT2D eigenvalue weighted by Gasteiger charge is 2.22. The van der Waals surface area contributed by atoms with Crippen molar-refractivity contribution in [2.75, 3.05) is 26.8 Å². The molecular formula is C12H24N2O2. The zero-order valence-corrected chi connectivity index (χ0v) is 10.4. The highest BCUT2D eigenvalue weighted by molar-refractivity contribution is 5.76. The summed E-state index contributed by atoms with van der Waals surface area (Å²) in [4.78, 5) is 13.7. The molecule has 1 aliphatic rings. The quantitative estimate of drug-likeness (QED) is 0.763. The lowest BCUT2D eigenvalue weighted by molar-refractivity contribution is -0.131. The van der Waals surface area contributed by atoms with E-state index in [0.717, 1.165) is 19.4 Å². The maximum absolute atomic E-state index is 11.8. The maximum Gasteiger partial charge on any atom is 0.222 e. The minimum Gasteiger partial charge on any atom is -0.383 e. The maximum atomic E-state index is 11.8. The Morgan fingerprint density at radius 1 is 1.56 bits per heavy atom. The molecule has 0 saturated carbocycles. The number of ether oxygens (including phenoxy) is 1. The topological polar surface area (TPSA) is 55.6 Å². The number of hydrogen-bond acceptors (Lipinski definition) is 3. The minimum absolute atomic E-state index is 0.0628. The summed E-state index contributed by atoms with van der Waals surface area (Å²) in [7, 11) is 1.64. The zero-order valence-electron chi connectivity index (χ0n) is 10.4. The second-order valence-electron chi connectivity index (χ2n) is 4.66. The molecule has 4 heteroatoms. The zero-order chi connectivity index (χ0) is 12.0. The summed E-state index contributed by atoms with van der Waals surface area (Å²) in [6.07, 6.45) is 4.00. The average molecular weight is 228 g/mol. The van der Waals surface area contributed by atoms with Crippen LogP contribution in [0.2, 0.25) is 0 Å². The molecular weight excluding hydrogens is 204 g/mol. The average Bonchev–Trinajstić information content (AvgIpc) is 2.43. The molecule has 0 bridgehead atoms. The monoisotopic (exact) mass is 228 g/mol. The predicted molar refractivity (Wildman–Crippen MR) is 64.1 cm³/mol. The molecule has 1 heterocycles. The third-order valence-electron chi connectivity index (χ3n) is 3.34. The van der Waals surface area contributed by atoms with Crippen molar-refractivity contribution in [3.63, 3.8) is 0 Å². The molecule has 0 aromatic carbocycles. The van der Waals surface area contributed by atoms with E-state index in [4.69, 9.17) is 10.5 Å². The van der Waals surface area contributed by atoms with Crippen molar-refractivity contribution in [1.82, 2.24) is 4.90 Å². The summed E-state index contributed by atoms with van der Waals surface area (Å²) in [6, 6.07) is -0.0628. The lowest BCUT2D eigenvalue weighted by atomic mass is 9.98. The summed E-state index contributed by atoms with van der Waals surface area (Å²) >= 11 is 0. The van der Waals surface area contributed by atoms with Crippen LogP contribution in [0.3, 0.4) is 0 Å². The van der Waals surface area contributed by atoms with E-state index in [-0.39, 0.29) is 11.9 Å². The van der Waals surface area contributed by atoms with Gasteiger partial charge in [0.1, 0.15) is 0 Å². The van der Waals surface area contributed by atoms with Crippen LogP contribution in [0.25, 0.3) is 0 Å². The third kappa shape index (κ3) is 4.10. The third-order valence-corrected chi connectivity index (χ3v) is 3.34. The Bertz CT molecular complexity index is 221. The van der Waals surface area contributed by atoms with Crippen molar-refractivity contribution in [1.29, 1.82) is 0 Å². The molecule has 1 saturated heterocycles. The number of carbonyl (C=O) groups excluding carboxylic acids is 1. The fourth-order valence-corrected chi connectivity index (χ4v) is 2.24. The van der Waals surface area contributed by atoms with Crippen LogP contribution in [0.1, 0.15) is 32.6 Å². The van der Waals surface area contributed by atoms with Gasteiger partial charge < -0.3 is 15.4 Å². The van der Waals surface area contributed by atoms with Crippen molar-refractivity contribution in [2.24, 2.45) is 11.7 Å². The van der Waals surface area contributed by atoms with E-state index in [1.54, 1.807) is 7.11 Å². The number of hydrogen-bond donors (Lipinski definition) is 1. The van der Waals surface area contributed by atoms with Gasteiger partial charge in [0.05, 0.1) is 6.61 Å². The van der Waals surface area contributed by atoms with Gasteiger partial charge in [-0.25, -0.2) is 0 Å². The van der Waals surface area contributed by atoms with Gasteiger partial charge in [0, 0.05) is 32.7 Å². The van der Waals surface area contributed by atoms with Crippen LogP contribution in [-0.2, 0) is 9.53 Å². The van der Waals surface area contributed by atoms with Crippen LogP contribution < -0.4 is 5.73 Å². The Labute approximate surface area is 98.1 Å². The molecule has 0 radical (unpaired) electrons. The van der Waals surface area contributed by atoms with Gasteiger partial charge in [0.15, 0.2) is 0 Å². The van der Waals surface area contributed by atoms with E-state index >= 15 is 0 Å². The number of carbonyl (C=O) groups is 1. The van der Waals surface area contributed by atoms with E-state index in [9.17, 15) is 4.79 Å². The second-order valence-corrected chi connectivity index (χ2v) is 4.66. The number of amides is 1. The Morgan fingerprint density at radius 2 is 2.31 bits per heavy atom. The molecule has 16 heavy (non-hydrogen) atoms. The van der Waals surface area contributed by atoms with E-state index in [0.29, 0.717) is 25.5 Å². The fourth-order valence-electron chi connectivity index (χ4n) is 2.24. The van der Waals surface area contributed by atoms with Gasteiger partial charge in [0.25, 0.3) is 0 Å². The van der Waals surface area contributed by atoms with Crippen molar-refractivity contribution < 1.29 is 9.53 Å². The second kappa shape index (κ2) is 6.86. The molecule has 0 spiro atoms. The van der Waals surface area contributed by atoms with Crippen LogP contribution in [0, 0.1) is 5.92 Å². The van der Waals surface area contributed by atoms with E-state index in [1.165, 1.54) is 6.42 Å². The number of rotatable bonds is 5. The summed E-state index contributed by atoms with van der Waals surface area (Å²) < 4.78 is 4.99. The standard InChI is InChI=1S/C12H24N2O2/c1-3-10-4-5-12(15)14(7-6-10)8-11(13)9-16-2/h10-11H,3-9,13H2,1-2H3. The van der Waals surface area contributed by atoms with Gasteiger partial charge in [-0.2, -0.15) is 0 Å². The number of likely N-dealkylation sites (tertiary alicyclic amines) is 1. The molecule has 1 fully saturated rings. The molecule has 94 valence electrons. The lowest BCUT2D eigenvalue weighted by Gasteiger charge is -2.24. The largest absolute Gasteiger partial charge is 0.383 e. The molecule has 2 N–H and O–H groups in total. The predicted octanol–water partition coefficient (Wildman–Crippen LogP) is 0.999. The van der Waals surface area contributed by atoms with Crippen molar-refractivity contribution in [3.05, 3.63) is 0 Å². The molecule has 0 aromatic heterocycles. The summed E-state index contributed by atoms with van der Waals surface area (Å²) in [5.74, 6) is 0.954. The number of nitrogens with two attached hydrogens (primary N) is 1. The molecule has 1 amide bonds. The van der Waals surface area contributed by atoms with Gasteiger partial charge in [-0.1, -0.05) is 13.3 Å². The first-order valence-corrected chi connectivity index (χ1v) is 6.19. The molecule has 4 nitrogen and oxygen atoms in total. The Morgan fingerprint density at radius 3 is 2.94 bits per heavy atom. The Balaban J connectivity index is 2.43. The number of nitrogens with zero attached hydrogens (tertiary/aromatic N) is 1. The van der Waals surface area contributed by atoms with Crippen LogP contribution >= 0.6 is 0 Å². The van der Waals surface area contributed by atoms with Crippen molar-refractivity contribution in [2.45, 2.75) is 38.6 Å². The summed E-state index contributed by atoms with van der Waals surface area (Å²) in [5.41, 5.74) is 5.88. The molecule has 2 atom stereocenters. The normalized spacial score (nSPS) is 24.3. The fraction of sp³-hybridized carbons (Fsp3) is 0.917. The van der Waals surface area contributed by atoms with Gasteiger partial charge in [-0.05, 0) is 18.8 Å². The SMILES string of the molecule is CCC1CCC(=O)N(CC(N)COC)CC1. The highest BCUT2D eigenvalue weighted by Crippen LogP contribution is 2.20. The molecule has 1 rings (SSSR count). The first-order chi connectivity index (χ1) is 7.67. The minimum atomic E-state index is -0.0628. The highest BCUT2D eigenvalue weighted by atomic mass is 16.5. The summed E-state index contributed by atoms with van der Waals surface area (Å²) in [5, 5.41) is 0. The smallest absolute Gasteiger partial charge is 0.222 e. The Kier molecular flexibility index (Phi) is 5.77. The van der Waals surface area contributed by atoms with E-state index in [1.807, 2.05) is 4.90 Å². The molecule has 1 aliphatic heterocycles. The van der Waals surface area contributed by atoms with Crippen LogP contribution in [0.4, 0.5) is 0 Å². The van der Waals surface area contributed by atoms with Gasteiger partial charge in [-0.15, -0.1) is 0 Å². The van der Waals surface area contributed by atoms with Crippen LogP contribution in [-0.4, -0.2) is 43.7 Å². The van der Waals surface area contributed by atoms with Crippen LogP contribution in [0.5, 0.6) is 0 Å². The summed E-state index contributed by atoms with van der Waals surface area (Å²) in [6.45, 7) is 4.19. The van der Waals surface area contributed by atoms with Gasteiger partial charge in [-0.3, -0.25) is 4.79 Å². The number of methoxy groups -OCH3 is 1. The molecule has 2 unspecified atom stereocenters. The molecule has 0 aromatic rings. The van der Waals surface area contributed by atoms with Gasteiger partial charge >= 0.3 is 0 Å². The van der Waals surface area contributed by atoms with E-state index < -0.39 is 0 Å². The first-order valence-electron chi connectivity index (χ1n) is 6.19. The lowest BCUT2D eigenvalue weighted by Crippen LogP contribution is -2.43. The Hall–Kier alpha value is -0.610. The van der Waals surface area contributed by atoms with E-state index in [2.05, 4.69) is 6.92 Å². The first kappa shape index (κ1) is 13.5. The molecule has 0 aliphatic carbocycles. The van der Waals surface area contributed by atoms with Crippen molar-refractivity contribution >= 4 is 5.91 Å². The van der Waals surface area contributed by atoms with Crippen LogP contribution in [0.15, 0.2) is 0 Å². The van der Waals surface area contributed by atoms with Crippen molar-refractivity contribution in [3.8, 4) is 0 Å².